The minimum Gasteiger partial charge on any atom is -0.369 e. The van der Waals surface area contributed by atoms with Crippen LogP contribution in [0.5, 0.6) is 0 Å². The third-order valence-corrected chi connectivity index (χ3v) is 2.87. The number of likely N-dealkylation sites (tertiary alicyclic amines) is 1. The van der Waals surface area contributed by atoms with E-state index in [9.17, 15) is 0 Å². The molecule has 6 heteroatoms. The van der Waals surface area contributed by atoms with Crippen molar-refractivity contribution in [3.63, 3.8) is 0 Å². The Labute approximate surface area is 103 Å². The fourth-order valence-corrected chi connectivity index (χ4v) is 2.05. The lowest BCUT2D eigenvalue weighted by atomic mass is 9.93. The first-order chi connectivity index (χ1) is 7.13. The number of hydrogen-bond donors (Lipinski definition) is 3. The molecule has 1 heterocycles. The summed E-state index contributed by atoms with van der Waals surface area (Å²) in [7, 11) is 0. The van der Waals surface area contributed by atoms with Crippen LogP contribution in [0.3, 0.4) is 0 Å². The van der Waals surface area contributed by atoms with Crippen LogP contribution >= 0.6 is 12.4 Å². The molecule has 0 aromatic rings. The van der Waals surface area contributed by atoms with Gasteiger partial charge in [0.05, 0.1) is 0 Å². The van der Waals surface area contributed by atoms with E-state index in [0.717, 1.165) is 19.0 Å². The highest BCUT2D eigenvalue weighted by Crippen LogP contribution is 2.21. The van der Waals surface area contributed by atoms with E-state index in [-0.39, 0.29) is 18.4 Å². The monoisotopic (exact) mass is 247 g/mol. The molecular formula is C10H22ClN5. The predicted molar refractivity (Wildman–Crippen MR) is 70.0 cm³/mol. The summed E-state index contributed by atoms with van der Waals surface area (Å²) in [4.78, 5) is 5.76. The Hall–Kier alpha value is -0.970. The van der Waals surface area contributed by atoms with E-state index in [1.807, 2.05) is 4.90 Å². The van der Waals surface area contributed by atoms with Crippen molar-refractivity contribution >= 4 is 24.3 Å². The molecule has 0 unspecified atom stereocenters. The van der Waals surface area contributed by atoms with Crippen LogP contribution in [-0.2, 0) is 0 Å². The second-order valence-electron chi connectivity index (χ2n) is 4.07. The Kier molecular flexibility index (Phi) is 6.88. The maximum absolute atomic E-state index is 7.03. The zero-order valence-corrected chi connectivity index (χ0v) is 10.6. The van der Waals surface area contributed by atoms with Crippen LogP contribution in [0, 0.1) is 11.3 Å². The lowest BCUT2D eigenvalue weighted by Gasteiger charge is -2.32. The molecular weight excluding hydrogens is 226 g/mol. The third kappa shape index (κ3) is 4.70. The average Bonchev–Trinajstić information content (AvgIpc) is 2.18. The van der Waals surface area contributed by atoms with E-state index in [2.05, 4.69) is 11.9 Å². The fourth-order valence-electron chi connectivity index (χ4n) is 2.05. The number of nitrogens with one attached hydrogen (secondary N) is 1. The van der Waals surface area contributed by atoms with Gasteiger partial charge in [0.25, 0.3) is 0 Å². The van der Waals surface area contributed by atoms with Gasteiger partial charge in [-0.15, -0.1) is 12.4 Å². The zero-order valence-electron chi connectivity index (χ0n) is 9.78. The molecule has 5 nitrogen and oxygen atoms in total. The number of nitrogens with two attached hydrogens (primary N) is 2. The Bertz CT molecular complexity index is 246. The quantitative estimate of drug-likeness (QED) is 0.505. The Balaban J connectivity index is 0.00000225. The van der Waals surface area contributed by atoms with Gasteiger partial charge in [0.2, 0.25) is 5.96 Å². The van der Waals surface area contributed by atoms with E-state index in [1.165, 1.54) is 25.7 Å². The molecule has 1 aliphatic rings. The van der Waals surface area contributed by atoms with Crippen molar-refractivity contribution in [3.05, 3.63) is 0 Å². The molecule has 1 fully saturated rings. The summed E-state index contributed by atoms with van der Waals surface area (Å²) in [6.45, 7) is 4.10. The van der Waals surface area contributed by atoms with Crippen LogP contribution in [0.2, 0.25) is 0 Å². The fraction of sp³-hybridized carbons (Fsp3) is 0.800. The summed E-state index contributed by atoms with van der Waals surface area (Å²) >= 11 is 0. The van der Waals surface area contributed by atoms with Crippen molar-refractivity contribution in [1.82, 2.24) is 4.90 Å². The summed E-state index contributed by atoms with van der Waals surface area (Å²) in [5.74, 6) is 0.997. The zero-order chi connectivity index (χ0) is 11.3. The first-order valence-electron chi connectivity index (χ1n) is 5.56. The van der Waals surface area contributed by atoms with Crippen molar-refractivity contribution in [2.45, 2.75) is 32.6 Å². The normalized spacial score (nSPS) is 18.1. The van der Waals surface area contributed by atoms with Crippen LogP contribution in [0.15, 0.2) is 4.99 Å². The SMILES string of the molecule is CCCC1CCN(/C(N)=N/C(=N)N)CC1.Cl. The number of rotatable bonds is 2. The summed E-state index contributed by atoms with van der Waals surface area (Å²) < 4.78 is 0. The van der Waals surface area contributed by atoms with Crippen LogP contribution in [0.4, 0.5) is 0 Å². The molecule has 0 aromatic heterocycles. The first-order valence-corrected chi connectivity index (χ1v) is 5.56. The minimum absolute atomic E-state index is 0. The van der Waals surface area contributed by atoms with Crippen molar-refractivity contribution in [2.75, 3.05) is 13.1 Å². The number of piperidine rings is 1. The molecule has 1 saturated heterocycles. The van der Waals surface area contributed by atoms with E-state index in [0.29, 0.717) is 5.96 Å². The van der Waals surface area contributed by atoms with Crippen LogP contribution < -0.4 is 11.5 Å². The second kappa shape index (κ2) is 7.33. The lowest BCUT2D eigenvalue weighted by molar-refractivity contribution is 0.253. The van der Waals surface area contributed by atoms with Gasteiger partial charge in [0.15, 0.2) is 5.96 Å². The van der Waals surface area contributed by atoms with Gasteiger partial charge in [-0.05, 0) is 18.8 Å². The van der Waals surface area contributed by atoms with Crippen LogP contribution in [0.1, 0.15) is 32.6 Å². The lowest BCUT2D eigenvalue weighted by Crippen LogP contribution is -2.43. The van der Waals surface area contributed by atoms with Gasteiger partial charge in [-0.1, -0.05) is 19.8 Å². The van der Waals surface area contributed by atoms with Gasteiger partial charge < -0.3 is 16.4 Å². The van der Waals surface area contributed by atoms with E-state index in [4.69, 9.17) is 16.9 Å². The molecule has 94 valence electrons. The second-order valence-corrected chi connectivity index (χ2v) is 4.07. The molecule has 0 amide bonds. The van der Waals surface area contributed by atoms with Crippen molar-refractivity contribution in [2.24, 2.45) is 22.4 Å². The summed E-state index contributed by atoms with van der Waals surface area (Å²) in [5.41, 5.74) is 10.9. The number of nitrogens with zero attached hydrogens (tertiary/aromatic N) is 2. The molecule has 0 aliphatic carbocycles. The highest BCUT2D eigenvalue weighted by atomic mass is 35.5. The first kappa shape index (κ1) is 15.0. The van der Waals surface area contributed by atoms with E-state index in [1.54, 1.807) is 0 Å². The topological polar surface area (TPSA) is 91.5 Å². The van der Waals surface area contributed by atoms with Crippen LogP contribution in [0.25, 0.3) is 0 Å². The van der Waals surface area contributed by atoms with Gasteiger partial charge in [0.1, 0.15) is 0 Å². The van der Waals surface area contributed by atoms with Gasteiger partial charge in [-0.3, -0.25) is 5.41 Å². The van der Waals surface area contributed by atoms with Crippen molar-refractivity contribution < 1.29 is 0 Å². The summed E-state index contributed by atoms with van der Waals surface area (Å²) in [6, 6.07) is 0. The molecule has 0 atom stereocenters. The maximum Gasteiger partial charge on any atom is 0.215 e. The van der Waals surface area contributed by atoms with Crippen molar-refractivity contribution in [3.8, 4) is 0 Å². The van der Waals surface area contributed by atoms with Crippen LogP contribution in [-0.4, -0.2) is 29.9 Å². The molecule has 0 saturated carbocycles. The molecule has 5 N–H and O–H groups in total. The Morgan fingerprint density at radius 3 is 2.38 bits per heavy atom. The molecule has 1 aliphatic heterocycles. The largest absolute Gasteiger partial charge is 0.369 e. The summed E-state index contributed by atoms with van der Waals surface area (Å²) in [5, 5.41) is 7.03. The van der Waals surface area contributed by atoms with Crippen molar-refractivity contribution in [1.29, 1.82) is 5.41 Å². The van der Waals surface area contributed by atoms with Gasteiger partial charge in [-0.2, -0.15) is 4.99 Å². The molecule has 16 heavy (non-hydrogen) atoms. The minimum atomic E-state index is -0.219. The average molecular weight is 248 g/mol. The number of aliphatic imine (C=N–C) groups is 1. The summed E-state index contributed by atoms with van der Waals surface area (Å²) in [6.07, 6.45) is 4.89. The standard InChI is InChI=1S/C10H21N5.ClH/c1-2-3-8-4-6-15(7-5-8)10(13)14-9(11)12;/h8H,2-7H2,1H3,(H5,11,12,13,14);1H. The predicted octanol–water partition coefficient (Wildman–Crippen LogP) is 1.13. The molecule has 0 radical (unpaired) electrons. The Morgan fingerprint density at radius 1 is 1.38 bits per heavy atom. The number of guanidine groups is 2. The van der Waals surface area contributed by atoms with Gasteiger partial charge in [0, 0.05) is 13.1 Å². The number of halogens is 1. The maximum atomic E-state index is 7.03. The van der Waals surface area contributed by atoms with Gasteiger partial charge in [-0.25, -0.2) is 0 Å². The van der Waals surface area contributed by atoms with Gasteiger partial charge >= 0.3 is 0 Å². The molecule has 0 bridgehead atoms. The molecule has 1 rings (SSSR count). The third-order valence-electron chi connectivity index (χ3n) is 2.87. The number of hydrogen-bond acceptors (Lipinski definition) is 1. The van der Waals surface area contributed by atoms with E-state index < -0.39 is 0 Å². The molecule has 0 aromatic carbocycles. The highest BCUT2D eigenvalue weighted by Gasteiger charge is 2.19. The molecule has 0 spiro atoms. The van der Waals surface area contributed by atoms with E-state index >= 15 is 0 Å². The highest BCUT2D eigenvalue weighted by molar-refractivity contribution is 5.91. The smallest absolute Gasteiger partial charge is 0.215 e. The Morgan fingerprint density at radius 2 is 1.94 bits per heavy atom.